The second-order valence-electron chi connectivity index (χ2n) is 2.98. The Balaban J connectivity index is 3.22. The van der Waals surface area contributed by atoms with Gasteiger partial charge in [0.1, 0.15) is 0 Å². The highest BCUT2D eigenvalue weighted by Crippen LogP contribution is 2.20. The number of nitrogens with one attached hydrogen (secondary N) is 1. The van der Waals surface area contributed by atoms with Gasteiger partial charge in [-0.25, -0.2) is 0 Å². The minimum atomic E-state index is -4.00. The van der Waals surface area contributed by atoms with E-state index in [2.05, 4.69) is 5.32 Å². The van der Waals surface area contributed by atoms with Crippen LogP contribution in [0.4, 0.5) is 13.2 Å². The Kier molecular flexibility index (Phi) is 5.29. The van der Waals surface area contributed by atoms with Crippen molar-refractivity contribution >= 4 is 0 Å². The molecule has 4 heteroatoms. The molecule has 0 aromatic rings. The van der Waals surface area contributed by atoms with E-state index in [0.717, 1.165) is 6.42 Å². The average Bonchev–Trinajstić information content (AvgIpc) is 1.96. The van der Waals surface area contributed by atoms with E-state index in [1.807, 2.05) is 13.8 Å². The lowest BCUT2D eigenvalue weighted by Gasteiger charge is -2.11. The van der Waals surface area contributed by atoms with Crippen molar-refractivity contribution in [2.75, 3.05) is 6.54 Å². The smallest absolute Gasteiger partial charge is 0.314 e. The highest BCUT2D eigenvalue weighted by Gasteiger charge is 2.25. The summed E-state index contributed by atoms with van der Waals surface area (Å²) < 4.78 is 34.9. The van der Waals surface area contributed by atoms with Crippen LogP contribution in [0.1, 0.15) is 33.1 Å². The molecule has 1 atom stereocenters. The van der Waals surface area contributed by atoms with E-state index in [1.165, 1.54) is 0 Å². The van der Waals surface area contributed by atoms with E-state index < -0.39 is 12.6 Å². The Morgan fingerprint density at radius 3 is 2.33 bits per heavy atom. The first-order chi connectivity index (χ1) is 5.45. The van der Waals surface area contributed by atoms with E-state index in [9.17, 15) is 13.2 Å². The van der Waals surface area contributed by atoms with Crippen molar-refractivity contribution in [3.63, 3.8) is 0 Å². The molecule has 0 aromatic heterocycles. The second-order valence-corrected chi connectivity index (χ2v) is 2.98. The molecule has 0 spiro atoms. The summed E-state index contributed by atoms with van der Waals surface area (Å²) in [5.41, 5.74) is 0. The van der Waals surface area contributed by atoms with Gasteiger partial charge < -0.3 is 5.32 Å². The highest BCUT2D eigenvalue weighted by atomic mass is 19.4. The Morgan fingerprint density at radius 1 is 1.33 bits per heavy atom. The van der Waals surface area contributed by atoms with Gasteiger partial charge in [0, 0.05) is 12.5 Å². The molecule has 74 valence electrons. The van der Waals surface area contributed by atoms with Crippen LogP contribution in [0.15, 0.2) is 0 Å². The second kappa shape index (κ2) is 5.41. The lowest BCUT2D eigenvalue weighted by Crippen LogP contribution is -2.27. The van der Waals surface area contributed by atoms with Gasteiger partial charge in [-0.2, -0.15) is 13.2 Å². The first-order valence-corrected chi connectivity index (χ1v) is 4.26. The SMILES string of the molecule is CCC(C)NCCCC(F)(F)F. The summed E-state index contributed by atoms with van der Waals surface area (Å²) in [6, 6.07) is 0.318. The van der Waals surface area contributed by atoms with Gasteiger partial charge in [-0.3, -0.25) is 0 Å². The molecule has 0 bridgehead atoms. The van der Waals surface area contributed by atoms with Gasteiger partial charge in [0.2, 0.25) is 0 Å². The lowest BCUT2D eigenvalue weighted by atomic mass is 10.2. The molecular formula is C8H16F3N. The summed E-state index contributed by atoms with van der Waals surface area (Å²) in [5, 5.41) is 3.00. The molecule has 0 heterocycles. The summed E-state index contributed by atoms with van der Waals surface area (Å²) in [4.78, 5) is 0. The molecule has 0 radical (unpaired) electrons. The fourth-order valence-corrected chi connectivity index (χ4v) is 0.782. The van der Waals surface area contributed by atoms with E-state index in [-0.39, 0.29) is 6.42 Å². The molecule has 0 saturated heterocycles. The van der Waals surface area contributed by atoms with Crippen LogP contribution in [0.5, 0.6) is 0 Å². The van der Waals surface area contributed by atoms with Gasteiger partial charge in [-0.05, 0) is 26.3 Å². The van der Waals surface area contributed by atoms with Gasteiger partial charge in [0.05, 0.1) is 0 Å². The van der Waals surface area contributed by atoms with Crippen LogP contribution in [0.2, 0.25) is 0 Å². The van der Waals surface area contributed by atoms with Crippen molar-refractivity contribution in [1.82, 2.24) is 5.32 Å². The maximum absolute atomic E-state index is 11.6. The number of halogens is 3. The molecule has 0 saturated carbocycles. The first-order valence-electron chi connectivity index (χ1n) is 4.26. The fourth-order valence-electron chi connectivity index (χ4n) is 0.782. The number of rotatable bonds is 5. The zero-order chi connectivity index (χ0) is 9.61. The highest BCUT2D eigenvalue weighted by molar-refractivity contribution is 4.59. The van der Waals surface area contributed by atoms with E-state index in [0.29, 0.717) is 12.6 Å². The first kappa shape index (κ1) is 11.8. The molecule has 1 unspecified atom stereocenters. The molecule has 0 amide bonds. The molecular weight excluding hydrogens is 167 g/mol. The Hall–Kier alpha value is -0.250. The monoisotopic (exact) mass is 183 g/mol. The Labute approximate surface area is 71.3 Å². The predicted octanol–water partition coefficient (Wildman–Crippen LogP) is 2.72. The molecule has 0 aromatic carbocycles. The molecule has 0 fully saturated rings. The van der Waals surface area contributed by atoms with Crippen molar-refractivity contribution < 1.29 is 13.2 Å². The summed E-state index contributed by atoms with van der Waals surface area (Å²) in [6.45, 7) is 4.42. The summed E-state index contributed by atoms with van der Waals surface area (Å²) >= 11 is 0. The Bertz CT molecular complexity index is 111. The molecule has 1 N–H and O–H groups in total. The molecule has 0 aliphatic heterocycles. The van der Waals surface area contributed by atoms with E-state index in [1.54, 1.807) is 0 Å². The largest absolute Gasteiger partial charge is 0.389 e. The van der Waals surface area contributed by atoms with Gasteiger partial charge in [-0.1, -0.05) is 6.92 Å². The van der Waals surface area contributed by atoms with Crippen LogP contribution in [0.25, 0.3) is 0 Å². The van der Waals surface area contributed by atoms with Crippen molar-refractivity contribution in [1.29, 1.82) is 0 Å². The van der Waals surface area contributed by atoms with Gasteiger partial charge in [0.25, 0.3) is 0 Å². The van der Waals surface area contributed by atoms with Crippen molar-refractivity contribution in [2.24, 2.45) is 0 Å². The fraction of sp³-hybridized carbons (Fsp3) is 1.00. The quantitative estimate of drug-likeness (QED) is 0.646. The van der Waals surface area contributed by atoms with Crippen molar-refractivity contribution in [3.05, 3.63) is 0 Å². The molecule has 0 aliphatic rings. The summed E-state index contributed by atoms with van der Waals surface area (Å²) in [6.07, 6.45) is -3.56. The van der Waals surface area contributed by atoms with Gasteiger partial charge in [-0.15, -0.1) is 0 Å². The topological polar surface area (TPSA) is 12.0 Å². The maximum atomic E-state index is 11.6. The van der Waals surface area contributed by atoms with Crippen LogP contribution in [-0.4, -0.2) is 18.8 Å². The van der Waals surface area contributed by atoms with Crippen molar-refractivity contribution in [2.45, 2.75) is 45.3 Å². The minimum absolute atomic E-state index is 0.174. The van der Waals surface area contributed by atoms with Crippen LogP contribution >= 0.6 is 0 Å². The van der Waals surface area contributed by atoms with Crippen LogP contribution in [0, 0.1) is 0 Å². The Morgan fingerprint density at radius 2 is 1.92 bits per heavy atom. The minimum Gasteiger partial charge on any atom is -0.314 e. The number of hydrogen-bond acceptors (Lipinski definition) is 1. The standard InChI is InChI=1S/C8H16F3N/c1-3-7(2)12-6-4-5-8(9,10)11/h7,12H,3-6H2,1-2H3. The van der Waals surface area contributed by atoms with E-state index >= 15 is 0 Å². The number of hydrogen-bond donors (Lipinski definition) is 1. The third kappa shape index (κ3) is 7.85. The zero-order valence-corrected chi connectivity index (χ0v) is 7.54. The molecule has 1 nitrogen and oxygen atoms in total. The molecule has 0 rings (SSSR count). The lowest BCUT2D eigenvalue weighted by molar-refractivity contribution is -0.135. The van der Waals surface area contributed by atoms with Crippen LogP contribution in [0.3, 0.4) is 0 Å². The van der Waals surface area contributed by atoms with E-state index in [4.69, 9.17) is 0 Å². The number of alkyl halides is 3. The zero-order valence-electron chi connectivity index (χ0n) is 7.54. The third-order valence-electron chi connectivity index (χ3n) is 1.74. The maximum Gasteiger partial charge on any atom is 0.389 e. The van der Waals surface area contributed by atoms with Crippen molar-refractivity contribution in [3.8, 4) is 0 Å². The van der Waals surface area contributed by atoms with Gasteiger partial charge >= 0.3 is 6.18 Å². The summed E-state index contributed by atoms with van der Waals surface area (Å²) in [7, 11) is 0. The normalized spacial score (nSPS) is 14.8. The molecule has 12 heavy (non-hydrogen) atoms. The molecule has 0 aliphatic carbocycles. The van der Waals surface area contributed by atoms with Gasteiger partial charge in [0.15, 0.2) is 0 Å². The van der Waals surface area contributed by atoms with Crippen LogP contribution in [-0.2, 0) is 0 Å². The van der Waals surface area contributed by atoms with Crippen LogP contribution < -0.4 is 5.32 Å². The average molecular weight is 183 g/mol. The third-order valence-corrected chi connectivity index (χ3v) is 1.74. The predicted molar refractivity (Wildman–Crippen MR) is 43.0 cm³/mol. The summed E-state index contributed by atoms with van der Waals surface area (Å²) in [5.74, 6) is 0.